The Hall–Kier alpha value is -3.01. The largest absolute Gasteiger partial charge is 0.324 e. The van der Waals surface area contributed by atoms with Crippen molar-refractivity contribution in [1.29, 1.82) is 0 Å². The molecule has 0 saturated heterocycles. The van der Waals surface area contributed by atoms with Crippen molar-refractivity contribution in [2.75, 3.05) is 22.4 Å². The van der Waals surface area contributed by atoms with Crippen LogP contribution in [0.4, 0.5) is 21.5 Å². The number of rotatable bonds is 6. The molecule has 1 N–H and O–H groups in total. The molecule has 0 spiro atoms. The molecule has 138 valence electrons. The lowest BCUT2D eigenvalue weighted by atomic mass is 10.2. The number of sulfonamides is 1. The Bertz CT molecular complexity index is 962. The molecule has 2 aromatic carbocycles. The number of halogens is 1. The highest BCUT2D eigenvalue weighted by Crippen LogP contribution is 2.23. The van der Waals surface area contributed by atoms with E-state index in [4.69, 9.17) is 0 Å². The number of nitro groups is 1. The van der Waals surface area contributed by atoms with Gasteiger partial charge in [-0.1, -0.05) is 18.2 Å². The SMILES string of the molecule is Cc1ccccc1N(CC(=O)Nc1ccc(F)c([N+](=O)[O-])c1)S(C)(=O)=O. The number of carbonyl (C=O) groups excluding carboxylic acids is 1. The third-order valence-electron chi connectivity index (χ3n) is 3.50. The molecule has 2 aromatic rings. The van der Waals surface area contributed by atoms with Gasteiger partial charge < -0.3 is 5.32 Å². The molecule has 0 aliphatic carbocycles. The lowest BCUT2D eigenvalue weighted by Gasteiger charge is -2.23. The van der Waals surface area contributed by atoms with Crippen LogP contribution < -0.4 is 9.62 Å². The molecule has 0 unspecified atom stereocenters. The van der Waals surface area contributed by atoms with Gasteiger partial charge in [-0.25, -0.2) is 8.42 Å². The van der Waals surface area contributed by atoms with Gasteiger partial charge in [0.1, 0.15) is 6.54 Å². The van der Waals surface area contributed by atoms with Crippen LogP contribution in [0.2, 0.25) is 0 Å². The fourth-order valence-electron chi connectivity index (χ4n) is 2.29. The van der Waals surface area contributed by atoms with Crippen molar-refractivity contribution in [3.8, 4) is 0 Å². The van der Waals surface area contributed by atoms with Crippen LogP contribution >= 0.6 is 0 Å². The number of para-hydroxylation sites is 1. The van der Waals surface area contributed by atoms with Gasteiger partial charge in [0, 0.05) is 11.8 Å². The second kappa shape index (κ2) is 7.48. The molecule has 0 atom stereocenters. The van der Waals surface area contributed by atoms with Gasteiger partial charge in [-0.2, -0.15) is 4.39 Å². The third-order valence-corrected chi connectivity index (χ3v) is 4.62. The first-order valence-corrected chi connectivity index (χ1v) is 9.21. The van der Waals surface area contributed by atoms with E-state index in [0.29, 0.717) is 11.3 Å². The average molecular weight is 381 g/mol. The van der Waals surface area contributed by atoms with E-state index in [1.54, 1.807) is 31.2 Å². The van der Waals surface area contributed by atoms with Crippen LogP contribution in [-0.4, -0.2) is 32.0 Å². The zero-order valence-corrected chi connectivity index (χ0v) is 14.8. The second-order valence-electron chi connectivity index (χ2n) is 5.53. The standard InChI is InChI=1S/C16H16FN3O5S/c1-11-5-3-4-6-14(11)19(26(2,24)25)10-16(21)18-12-7-8-13(17)15(9-12)20(22)23/h3-9H,10H2,1-2H3,(H,18,21). The summed E-state index contributed by atoms with van der Waals surface area (Å²) in [6.45, 7) is 1.17. The van der Waals surface area contributed by atoms with Gasteiger partial charge in [0.05, 0.1) is 16.9 Å². The number of nitrogens with zero attached hydrogens (tertiary/aromatic N) is 2. The van der Waals surface area contributed by atoms with Crippen molar-refractivity contribution in [3.05, 3.63) is 64.0 Å². The molecule has 2 rings (SSSR count). The van der Waals surface area contributed by atoms with Gasteiger partial charge >= 0.3 is 5.69 Å². The van der Waals surface area contributed by atoms with E-state index in [2.05, 4.69) is 5.32 Å². The number of amides is 1. The minimum atomic E-state index is -3.75. The molecule has 8 nitrogen and oxygen atoms in total. The average Bonchev–Trinajstić information content (AvgIpc) is 2.54. The molecule has 0 saturated carbocycles. The van der Waals surface area contributed by atoms with E-state index in [0.717, 1.165) is 28.8 Å². The fraction of sp³-hybridized carbons (Fsp3) is 0.188. The number of anilines is 2. The summed E-state index contributed by atoms with van der Waals surface area (Å²) in [6.07, 6.45) is 0.968. The maximum atomic E-state index is 13.3. The van der Waals surface area contributed by atoms with Gasteiger partial charge in [0.25, 0.3) is 0 Å². The predicted molar refractivity (Wildman–Crippen MR) is 95.1 cm³/mol. The number of carbonyl (C=O) groups is 1. The Labute approximate surface area is 149 Å². The van der Waals surface area contributed by atoms with Crippen LogP contribution in [0.3, 0.4) is 0 Å². The number of aryl methyl sites for hydroxylation is 1. The number of nitro benzene ring substituents is 1. The zero-order valence-electron chi connectivity index (χ0n) is 14.0. The fourth-order valence-corrected chi connectivity index (χ4v) is 3.20. The van der Waals surface area contributed by atoms with Crippen LogP contribution in [0.15, 0.2) is 42.5 Å². The highest BCUT2D eigenvalue weighted by atomic mass is 32.2. The van der Waals surface area contributed by atoms with Crippen molar-refractivity contribution < 1.29 is 22.5 Å². The van der Waals surface area contributed by atoms with E-state index in [1.807, 2.05) is 0 Å². The van der Waals surface area contributed by atoms with Crippen molar-refractivity contribution in [2.45, 2.75) is 6.92 Å². The summed E-state index contributed by atoms with van der Waals surface area (Å²) in [5.74, 6) is -1.76. The van der Waals surface area contributed by atoms with Crippen LogP contribution in [0, 0.1) is 22.9 Å². The molecule has 0 aliphatic rings. The summed E-state index contributed by atoms with van der Waals surface area (Å²) in [6, 6.07) is 9.51. The number of nitrogens with one attached hydrogen (secondary N) is 1. The summed E-state index contributed by atoms with van der Waals surface area (Å²) in [5, 5.41) is 13.1. The van der Waals surface area contributed by atoms with Gasteiger partial charge in [-0.3, -0.25) is 19.2 Å². The third kappa shape index (κ3) is 4.54. The Morgan fingerprint density at radius 1 is 1.27 bits per heavy atom. The lowest BCUT2D eigenvalue weighted by Crippen LogP contribution is -2.37. The van der Waals surface area contributed by atoms with Crippen molar-refractivity contribution in [1.82, 2.24) is 0 Å². The van der Waals surface area contributed by atoms with Crippen LogP contribution in [0.5, 0.6) is 0 Å². The molecule has 0 heterocycles. The smallest absolute Gasteiger partial charge is 0.306 e. The first-order valence-electron chi connectivity index (χ1n) is 7.36. The monoisotopic (exact) mass is 381 g/mol. The quantitative estimate of drug-likeness (QED) is 0.610. The normalized spacial score (nSPS) is 11.0. The highest BCUT2D eigenvalue weighted by molar-refractivity contribution is 7.92. The van der Waals surface area contributed by atoms with Crippen LogP contribution in [0.25, 0.3) is 0 Å². The van der Waals surface area contributed by atoms with Gasteiger partial charge in [0.15, 0.2) is 0 Å². The molecule has 0 aromatic heterocycles. The number of hydrogen-bond donors (Lipinski definition) is 1. The van der Waals surface area contributed by atoms with Crippen molar-refractivity contribution >= 4 is 33.0 Å². The van der Waals surface area contributed by atoms with Gasteiger partial charge in [0.2, 0.25) is 21.7 Å². The maximum absolute atomic E-state index is 13.3. The summed E-state index contributed by atoms with van der Waals surface area (Å²) < 4.78 is 38.4. The highest BCUT2D eigenvalue weighted by Gasteiger charge is 2.23. The van der Waals surface area contributed by atoms with E-state index in [9.17, 15) is 27.7 Å². The van der Waals surface area contributed by atoms with Crippen molar-refractivity contribution in [3.63, 3.8) is 0 Å². The molecular weight excluding hydrogens is 365 g/mol. The van der Waals surface area contributed by atoms with Crippen LogP contribution in [0.1, 0.15) is 5.56 Å². The number of hydrogen-bond acceptors (Lipinski definition) is 5. The molecule has 10 heteroatoms. The van der Waals surface area contributed by atoms with E-state index in [1.165, 1.54) is 0 Å². The Balaban J connectivity index is 2.25. The molecule has 0 fully saturated rings. The molecule has 0 bridgehead atoms. The molecule has 1 amide bonds. The minimum Gasteiger partial charge on any atom is -0.324 e. The first kappa shape index (κ1) is 19.3. The molecule has 0 aliphatic heterocycles. The van der Waals surface area contributed by atoms with E-state index >= 15 is 0 Å². The van der Waals surface area contributed by atoms with E-state index < -0.39 is 38.9 Å². The first-order chi connectivity index (χ1) is 12.1. The Morgan fingerprint density at radius 3 is 2.50 bits per heavy atom. The topological polar surface area (TPSA) is 110 Å². The van der Waals surface area contributed by atoms with Crippen molar-refractivity contribution in [2.24, 2.45) is 0 Å². The van der Waals surface area contributed by atoms with E-state index in [-0.39, 0.29) is 5.69 Å². The molecule has 26 heavy (non-hydrogen) atoms. The molecule has 0 radical (unpaired) electrons. The summed E-state index contributed by atoms with van der Waals surface area (Å²) >= 11 is 0. The molecular formula is C16H16FN3O5S. The Kier molecular flexibility index (Phi) is 5.56. The summed E-state index contributed by atoms with van der Waals surface area (Å²) in [4.78, 5) is 22.1. The second-order valence-corrected chi connectivity index (χ2v) is 7.43. The predicted octanol–water partition coefficient (Wildman–Crippen LogP) is 2.45. The van der Waals surface area contributed by atoms with Gasteiger partial charge in [-0.05, 0) is 30.7 Å². The summed E-state index contributed by atoms with van der Waals surface area (Å²) in [5.41, 5.74) is 0.196. The zero-order chi connectivity index (χ0) is 19.5. The van der Waals surface area contributed by atoms with Crippen LogP contribution in [-0.2, 0) is 14.8 Å². The summed E-state index contributed by atoms with van der Waals surface area (Å²) in [7, 11) is -3.75. The number of benzene rings is 2. The maximum Gasteiger partial charge on any atom is 0.306 e. The lowest BCUT2D eigenvalue weighted by molar-refractivity contribution is -0.387. The van der Waals surface area contributed by atoms with Gasteiger partial charge in [-0.15, -0.1) is 0 Å². The minimum absolute atomic E-state index is 0.0127. The Morgan fingerprint density at radius 2 is 1.92 bits per heavy atom.